The lowest BCUT2D eigenvalue weighted by Crippen LogP contribution is -2.58. The van der Waals surface area contributed by atoms with Crippen LogP contribution >= 0.6 is 0 Å². The van der Waals surface area contributed by atoms with E-state index in [4.69, 9.17) is 4.42 Å². The molecule has 2 fully saturated rings. The van der Waals surface area contributed by atoms with Crippen LogP contribution in [0.3, 0.4) is 0 Å². The van der Waals surface area contributed by atoms with Gasteiger partial charge in [-0.1, -0.05) is 30.3 Å². The molecule has 1 aliphatic heterocycles. The Bertz CT molecular complexity index is 1040. The number of aromatic nitrogens is 1. The molecule has 142 valence electrons. The van der Waals surface area contributed by atoms with Crippen LogP contribution in [0.4, 0.5) is 0 Å². The first-order chi connectivity index (χ1) is 13.7. The third-order valence-corrected chi connectivity index (χ3v) is 5.44. The molecule has 2 aromatic carbocycles. The van der Waals surface area contributed by atoms with Crippen LogP contribution in [-0.2, 0) is 11.2 Å². The summed E-state index contributed by atoms with van der Waals surface area (Å²) in [5.74, 6) is 0.925. The monoisotopic (exact) mass is 375 g/mol. The number of rotatable bonds is 4. The number of nitrogens with one attached hydrogen (secondary N) is 1. The van der Waals surface area contributed by atoms with E-state index in [0.717, 1.165) is 29.8 Å². The largest absolute Gasteiger partial charge is 0.440 e. The van der Waals surface area contributed by atoms with Crippen LogP contribution in [0.25, 0.3) is 11.1 Å². The van der Waals surface area contributed by atoms with Gasteiger partial charge < -0.3 is 14.6 Å². The normalized spacial score (nSPS) is 19.6. The van der Waals surface area contributed by atoms with E-state index in [2.05, 4.69) is 10.3 Å². The highest BCUT2D eigenvalue weighted by Crippen LogP contribution is 2.40. The number of benzene rings is 2. The van der Waals surface area contributed by atoms with Gasteiger partial charge in [0.1, 0.15) is 11.6 Å². The van der Waals surface area contributed by atoms with Crippen molar-refractivity contribution < 1.29 is 14.0 Å². The fraction of sp³-hybridized carbons (Fsp3) is 0.318. The molecule has 0 radical (unpaired) electrons. The van der Waals surface area contributed by atoms with E-state index in [9.17, 15) is 9.59 Å². The summed E-state index contributed by atoms with van der Waals surface area (Å²) in [7, 11) is 0. The molecule has 5 rings (SSSR count). The standard InChI is InChI=1S/C22H21N3O3/c26-20-18(12-14-4-2-1-3-5-14)25(11-10-23-20)22(27)16-8-9-17-19(13-16)28-21(24-17)15-6-7-15/h1-5,8-9,13,15,18H,6-7,10-12H2,(H,23,26)/t18-/m1/s1. The van der Waals surface area contributed by atoms with Gasteiger partial charge in [0.05, 0.1) is 0 Å². The number of fused-ring (bicyclic) bond motifs is 1. The molecule has 2 heterocycles. The third kappa shape index (κ3) is 3.15. The SMILES string of the molecule is O=C1NCCN(C(=O)c2ccc3nc(C4CC4)oc3c2)[C@@H]1Cc1ccccc1. The summed E-state index contributed by atoms with van der Waals surface area (Å²) in [6.45, 7) is 0.954. The molecule has 1 N–H and O–H groups in total. The summed E-state index contributed by atoms with van der Waals surface area (Å²) in [6, 6.07) is 14.6. The van der Waals surface area contributed by atoms with Gasteiger partial charge in [-0.15, -0.1) is 0 Å². The van der Waals surface area contributed by atoms with Crippen molar-refractivity contribution in [1.82, 2.24) is 15.2 Å². The smallest absolute Gasteiger partial charge is 0.254 e. The van der Waals surface area contributed by atoms with E-state index < -0.39 is 6.04 Å². The molecular formula is C22H21N3O3. The second kappa shape index (κ2) is 6.78. The van der Waals surface area contributed by atoms with E-state index in [0.29, 0.717) is 36.6 Å². The van der Waals surface area contributed by atoms with E-state index in [1.165, 1.54) is 0 Å². The van der Waals surface area contributed by atoms with Crippen molar-refractivity contribution in [1.29, 1.82) is 0 Å². The Labute approximate surface area is 162 Å². The Morgan fingerprint density at radius 2 is 2.00 bits per heavy atom. The second-order valence-corrected chi connectivity index (χ2v) is 7.50. The van der Waals surface area contributed by atoms with Crippen molar-refractivity contribution in [3.8, 4) is 0 Å². The van der Waals surface area contributed by atoms with Crippen LogP contribution in [0.2, 0.25) is 0 Å². The van der Waals surface area contributed by atoms with Crippen molar-refractivity contribution in [3.63, 3.8) is 0 Å². The summed E-state index contributed by atoms with van der Waals surface area (Å²) in [5, 5.41) is 2.88. The first-order valence-electron chi connectivity index (χ1n) is 9.72. The first kappa shape index (κ1) is 17.0. The molecular weight excluding hydrogens is 354 g/mol. The minimum atomic E-state index is -0.518. The zero-order chi connectivity index (χ0) is 19.1. The lowest BCUT2D eigenvalue weighted by molar-refractivity contribution is -0.127. The fourth-order valence-electron chi connectivity index (χ4n) is 3.74. The lowest BCUT2D eigenvalue weighted by atomic mass is 10.0. The molecule has 28 heavy (non-hydrogen) atoms. The van der Waals surface area contributed by atoms with E-state index in [1.807, 2.05) is 36.4 Å². The molecule has 0 unspecified atom stereocenters. The second-order valence-electron chi connectivity index (χ2n) is 7.50. The number of amides is 2. The van der Waals surface area contributed by atoms with E-state index in [-0.39, 0.29) is 11.8 Å². The van der Waals surface area contributed by atoms with Crippen LogP contribution in [-0.4, -0.2) is 40.8 Å². The van der Waals surface area contributed by atoms with Crippen molar-refractivity contribution in [2.45, 2.75) is 31.2 Å². The van der Waals surface area contributed by atoms with Crippen molar-refractivity contribution >= 4 is 22.9 Å². The number of hydrogen-bond acceptors (Lipinski definition) is 4. The Balaban J connectivity index is 1.43. The third-order valence-electron chi connectivity index (χ3n) is 5.44. The molecule has 1 atom stereocenters. The number of carbonyl (C=O) groups is 2. The van der Waals surface area contributed by atoms with E-state index >= 15 is 0 Å². The lowest BCUT2D eigenvalue weighted by Gasteiger charge is -2.35. The summed E-state index contributed by atoms with van der Waals surface area (Å²) >= 11 is 0. The van der Waals surface area contributed by atoms with Crippen LogP contribution in [0.1, 0.15) is 40.6 Å². The molecule has 3 aromatic rings. The summed E-state index contributed by atoms with van der Waals surface area (Å²) in [6.07, 6.45) is 2.72. The molecule has 0 bridgehead atoms. The van der Waals surface area contributed by atoms with Gasteiger partial charge in [0, 0.05) is 31.0 Å². The van der Waals surface area contributed by atoms with Gasteiger partial charge in [0.15, 0.2) is 11.5 Å². The van der Waals surface area contributed by atoms with Gasteiger partial charge in [-0.2, -0.15) is 0 Å². The number of oxazole rings is 1. The zero-order valence-electron chi connectivity index (χ0n) is 15.4. The van der Waals surface area contributed by atoms with Crippen LogP contribution in [0.15, 0.2) is 52.9 Å². The van der Waals surface area contributed by atoms with Gasteiger partial charge >= 0.3 is 0 Å². The highest BCUT2D eigenvalue weighted by Gasteiger charge is 2.34. The Morgan fingerprint density at radius 3 is 2.79 bits per heavy atom. The van der Waals surface area contributed by atoms with Gasteiger partial charge in [0.2, 0.25) is 5.91 Å². The summed E-state index contributed by atoms with van der Waals surface area (Å²) in [4.78, 5) is 31.9. The topological polar surface area (TPSA) is 75.4 Å². The predicted molar refractivity (Wildman–Crippen MR) is 104 cm³/mol. The molecule has 1 aliphatic carbocycles. The zero-order valence-corrected chi connectivity index (χ0v) is 15.4. The molecule has 6 heteroatoms. The quantitative estimate of drug-likeness (QED) is 0.761. The molecule has 1 saturated heterocycles. The van der Waals surface area contributed by atoms with Crippen LogP contribution in [0.5, 0.6) is 0 Å². The number of piperazine rings is 1. The summed E-state index contributed by atoms with van der Waals surface area (Å²) in [5.41, 5.74) is 2.96. The molecule has 1 aromatic heterocycles. The maximum absolute atomic E-state index is 13.2. The average molecular weight is 375 g/mol. The van der Waals surface area contributed by atoms with Gasteiger partial charge in [-0.3, -0.25) is 9.59 Å². The summed E-state index contributed by atoms with van der Waals surface area (Å²) < 4.78 is 5.85. The minimum absolute atomic E-state index is 0.111. The Hall–Kier alpha value is -3.15. The van der Waals surface area contributed by atoms with E-state index in [1.54, 1.807) is 17.0 Å². The Morgan fingerprint density at radius 1 is 1.18 bits per heavy atom. The number of carbonyl (C=O) groups excluding carboxylic acids is 2. The first-order valence-corrected chi connectivity index (χ1v) is 9.72. The van der Waals surface area contributed by atoms with Gasteiger partial charge in [0.25, 0.3) is 5.91 Å². The van der Waals surface area contributed by atoms with Gasteiger partial charge in [-0.25, -0.2) is 4.98 Å². The highest BCUT2D eigenvalue weighted by atomic mass is 16.3. The fourth-order valence-corrected chi connectivity index (χ4v) is 3.74. The predicted octanol–water partition coefficient (Wildman–Crippen LogP) is 2.89. The van der Waals surface area contributed by atoms with Crippen molar-refractivity contribution in [2.75, 3.05) is 13.1 Å². The number of nitrogens with zero attached hydrogens (tertiary/aromatic N) is 2. The van der Waals surface area contributed by atoms with Gasteiger partial charge in [-0.05, 0) is 36.6 Å². The minimum Gasteiger partial charge on any atom is -0.440 e. The molecule has 2 aliphatic rings. The van der Waals surface area contributed by atoms with Crippen LogP contribution in [0, 0.1) is 0 Å². The molecule has 6 nitrogen and oxygen atoms in total. The molecule has 2 amide bonds. The van der Waals surface area contributed by atoms with Crippen molar-refractivity contribution in [2.24, 2.45) is 0 Å². The van der Waals surface area contributed by atoms with Crippen molar-refractivity contribution in [3.05, 3.63) is 65.5 Å². The number of hydrogen-bond donors (Lipinski definition) is 1. The highest BCUT2D eigenvalue weighted by molar-refractivity contribution is 6.00. The van der Waals surface area contributed by atoms with Crippen LogP contribution < -0.4 is 5.32 Å². The maximum atomic E-state index is 13.2. The average Bonchev–Trinajstić information content (AvgIpc) is 3.48. The maximum Gasteiger partial charge on any atom is 0.254 e. The Kier molecular flexibility index (Phi) is 4.11. The molecule has 1 saturated carbocycles. The molecule has 0 spiro atoms.